The van der Waals surface area contributed by atoms with Gasteiger partial charge in [-0.1, -0.05) is 13.8 Å². The summed E-state index contributed by atoms with van der Waals surface area (Å²) in [6.45, 7) is 10.8. The predicted octanol–water partition coefficient (Wildman–Crippen LogP) is 1.59. The molecule has 4 nitrogen and oxygen atoms in total. The second-order valence-electron chi connectivity index (χ2n) is 4.15. The van der Waals surface area contributed by atoms with Crippen LogP contribution in [0.2, 0.25) is 0 Å². The smallest absolute Gasteiger partial charge is 0.410 e. The van der Waals surface area contributed by atoms with Crippen LogP contribution in [0, 0.1) is 0 Å². The van der Waals surface area contributed by atoms with Crippen LogP contribution in [0.4, 0.5) is 4.79 Å². The molecule has 1 aliphatic heterocycles. The number of nitrogens with zero attached hydrogens (tertiary/aromatic N) is 1. The van der Waals surface area contributed by atoms with Crippen molar-refractivity contribution in [2.24, 2.45) is 5.73 Å². The van der Waals surface area contributed by atoms with E-state index in [0.29, 0.717) is 13.1 Å². The van der Waals surface area contributed by atoms with Crippen molar-refractivity contribution in [3.8, 4) is 0 Å². The van der Waals surface area contributed by atoms with Gasteiger partial charge in [0.25, 0.3) is 0 Å². The first-order chi connectivity index (χ1) is 6.38. The molecule has 1 aliphatic rings. The van der Waals surface area contributed by atoms with E-state index >= 15 is 0 Å². The predicted molar refractivity (Wildman–Crippen MR) is 57.1 cm³/mol. The van der Waals surface area contributed by atoms with Gasteiger partial charge in [-0.05, 0) is 20.8 Å². The number of rotatable bonds is 0. The van der Waals surface area contributed by atoms with Crippen LogP contribution in [0.1, 0.15) is 34.6 Å². The van der Waals surface area contributed by atoms with Gasteiger partial charge in [-0.25, -0.2) is 4.79 Å². The zero-order chi connectivity index (χ0) is 11.4. The molecular formula is C10H22N2O2. The van der Waals surface area contributed by atoms with E-state index in [4.69, 9.17) is 10.5 Å². The maximum absolute atomic E-state index is 11.2. The van der Waals surface area contributed by atoms with Crippen molar-refractivity contribution in [3.05, 3.63) is 0 Å². The molecule has 0 bridgehead atoms. The Morgan fingerprint density at radius 3 is 2.07 bits per heavy atom. The number of amides is 1. The molecule has 1 amide bonds. The summed E-state index contributed by atoms with van der Waals surface area (Å²) in [6, 6.07) is 0.137. The van der Waals surface area contributed by atoms with E-state index in [9.17, 15) is 4.79 Å². The third kappa shape index (κ3) is 4.46. The molecule has 4 heteroatoms. The van der Waals surface area contributed by atoms with E-state index in [1.165, 1.54) is 0 Å². The Kier molecular flexibility index (Phi) is 4.91. The largest absolute Gasteiger partial charge is 0.444 e. The second kappa shape index (κ2) is 5.20. The number of likely N-dealkylation sites (tertiary alicyclic amines) is 1. The fourth-order valence-electron chi connectivity index (χ4n) is 0.988. The standard InChI is InChI=1S/C8H16N2O2.C2H6/c1-8(2,3)12-7(11)10-4-6(9)5-10;1-2/h6H,4-5,9H2,1-3H3;1-2H3. The fraction of sp³-hybridized carbons (Fsp3) is 0.900. The minimum absolute atomic E-state index is 0.137. The SMILES string of the molecule is CC.CC(C)(C)OC(=O)N1CC(N)C1. The summed E-state index contributed by atoms with van der Waals surface area (Å²) in [7, 11) is 0. The van der Waals surface area contributed by atoms with E-state index in [1.54, 1.807) is 4.90 Å². The number of hydrogen-bond donors (Lipinski definition) is 1. The van der Waals surface area contributed by atoms with Gasteiger partial charge in [-0.15, -0.1) is 0 Å². The zero-order valence-electron chi connectivity index (χ0n) is 9.83. The van der Waals surface area contributed by atoms with Gasteiger partial charge in [-0.2, -0.15) is 0 Å². The minimum Gasteiger partial charge on any atom is -0.444 e. The lowest BCUT2D eigenvalue weighted by Crippen LogP contribution is -2.58. The Bertz CT molecular complexity index is 181. The molecule has 0 spiro atoms. The molecule has 14 heavy (non-hydrogen) atoms. The van der Waals surface area contributed by atoms with Crippen LogP contribution in [-0.4, -0.2) is 35.7 Å². The van der Waals surface area contributed by atoms with Crippen molar-refractivity contribution in [2.45, 2.75) is 46.3 Å². The molecule has 0 aromatic heterocycles. The maximum atomic E-state index is 11.2. The topological polar surface area (TPSA) is 55.6 Å². The summed E-state index contributed by atoms with van der Waals surface area (Å²) in [5.41, 5.74) is 5.12. The lowest BCUT2D eigenvalue weighted by molar-refractivity contribution is 0.00884. The lowest BCUT2D eigenvalue weighted by Gasteiger charge is -2.37. The van der Waals surface area contributed by atoms with Gasteiger partial charge in [0.1, 0.15) is 5.60 Å². The highest BCUT2D eigenvalue weighted by Gasteiger charge is 2.31. The average Bonchev–Trinajstić information content (AvgIpc) is 1.99. The summed E-state index contributed by atoms with van der Waals surface area (Å²) in [4.78, 5) is 12.8. The number of ether oxygens (including phenoxy) is 1. The molecule has 0 radical (unpaired) electrons. The highest BCUT2D eigenvalue weighted by Crippen LogP contribution is 2.13. The zero-order valence-corrected chi connectivity index (χ0v) is 9.83. The van der Waals surface area contributed by atoms with Crippen LogP contribution >= 0.6 is 0 Å². The van der Waals surface area contributed by atoms with Crippen molar-refractivity contribution in [1.29, 1.82) is 0 Å². The molecule has 1 heterocycles. The Hall–Kier alpha value is -0.770. The molecule has 0 atom stereocenters. The van der Waals surface area contributed by atoms with Gasteiger partial charge < -0.3 is 15.4 Å². The van der Waals surface area contributed by atoms with Crippen molar-refractivity contribution in [3.63, 3.8) is 0 Å². The summed E-state index contributed by atoms with van der Waals surface area (Å²) in [5.74, 6) is 0. The van der Waals surface area contributed by atoms with Crippen molar-refractivity contribution >= 4 is 6.09 Å². The molecule has 2 N–H and O–H groups in total. The Labute approximate surface area is 86.4 Å². The van der Waals surface area contributed by atoms with Gasteiger partial charge in [-0.3, -0.25) is 0 Å². The summed E-state index contributed by atoms with van der Waals surface area (Å²) < 4.78 is 5.12. The van der Waals surface area contributed by atoms with E-state index in [2.05, 4.69) is 0 Å². The van der Waals surface area contributed by atoms with Crippen LogP contribution in [-0.2, 0) is 4.74 Å². The second-order valence-corrected chi connectivity index (χ2v) is 4.15. The summed E-state index contributed by atoms with van der Waals surface area (Å²) >= 11 is 0. The van der Waals surface area contributed by atoms with Crippen LogP contribution in [0.25, 0.3) is 0 Å². The summed E-state index contributed by atoms with van der Waals surface area (Å²) in [6.07, 6.45) is -0.260. The molecule has 1 fully saturated rings. The van der Waals surface area contributed by atoms with Gasteiger partial charge in [0, 0.05) is 19.1 Å². The molecular weight excluding hydrogens is 180 g/mol. The van der Waals surface area contributed by atoms with Crippen molar-refractivity contribution in [1.82, 2.24) is 4.90 Å². The van der Waals surface area contributed by atoms with Crippen LogP contribution < -0.4 is 5.73 Å². The molecule has 0 aromatic carbocycles. The molecule has 0 unspecified atom stereocenters. The first kappa shape index (κ1) is 13.2. The fourth-order valence-corrected chi connectivity index (χ4v) is 0.988. The molecule has 0 aromatic rings. The van der Waals surface area contributed by atoms with Crippen LogP contribution in [0.3, 0.4) is 0 Å². The van der Waals surface area contributed by atoms with Gasteiger partial charge >= 0.3 is 6.09 Å². The monoisotopic (exact) mass is 202 g/mol. The van der Waals surface area contributed by atoms with E-state index < -0.39 is 5.60 Å². The minimum atomic E-state index is -0.406. The number of carbonyl (C=O) groups is 1. The Morgan fingerprint density at radius 2 is 1.79 bits per heavy atom. The Morgan fingerprint density at radius 1 is 1.36 bits per heavy atom. The van der Waals surface area contributed by atoms with Gasteiger partial charge in [0.15, 0.2) is 0 Å². The molecule has 84 valence electrons. The van der Waals surface area contributed by atoms with Gasteiger partial charge in [0.2, 0.25) is 0 Å². The van der Waals surface area contributed by atoms with Gasteiger partial charge in [0.05, 0.1) is 0 Å². The molecule has 0 aliphatic carbocycles. The Balaban J connectivity index is 0.000000791. The van der Waals surface area contributed by atoms with Crippen molar-refractivity contribution < 1.29 is 9.53 Å². The quantitative estimate of drug-likeness (QED) is 0.649. The number of carbonyl (C=O) groups excluding carboxylic acids is 1. The number of hydrogen-bond acceptors (Lipinski definition) is 3. The summed E-state index contributed by atoms with van der Waals surface area (Å²) in [5, 5.41) is 0. The van der Waals surface area contributed by atoms with Crippen LogP contribution in [0.5, 0.6) is 0 Å². The molecule has 1 saturated heterocycles. The molecule has 1 rings (SSSR count). The third-order valence-electron chi connectivity index (χ3n) is 1.56. The first-order valence-corrected chi connectivity index (χ1v) is 5.12. The normalized spacial score (nSPS) is 16.6. The van der Waals surface area contributed by atoms with E-state index in [1.807, 2.05) is 34.6 Å². The molecule has 0 saturated carbocycles. The number of nitrogens with two attached hydrogens (primary N) is 1. The highest BCUT2D eigenvalue weighted by atomic mass is 16.6. The van der Waals surface area contributed by atoms with Crippen LogP contribution in [0.15, 0.2) is 0 Å². The van der Waals surface area contributed by atoms with E-state index in [0.717, 1.165) is 0 Å². The third-order valence-corrected chi connectivity index (χ3v) is 1.56. The lowest BCUT2D eigenvalue weighted by atomic mass is 10.1. The van der Waals surface area contributed by atoms with Crippen molar-refractivity contribution in [2.75, 3.05) is 13.1 Å². The first-order valence-electron chi connectivity index (χ1n) is 5.12. The highest BCUT2D eigenvalue weighted by molar-refractivity contribution is 5.69. The van der Waals surface area contributed by atoms with E-state index in [-0.39, 0.29) is 12.1 Å². The maximum Gasteiger partial charge on any atom is 0.410 e. The average molecular weight is 202 g/mol.